The first-order valence-corrected chi connectivity index (χ1v) is 6.92. The minimum atomic E-state index is -0.565. The van der Waals surface area contributed by atoms with Crippen molar-refractivity contribution in [2.75, 3.05) is 0 Å². The van der Waals surface area contributed by atoms with E-state index >= 15 is 0 Å². The van der Waals surface area contributed by atoms with Crippen molar-refractivity contribution in [3.05, 3.63) is 68.7 Å². The highest BCUT2D eigenvalue weighted by molar-refractivity contribution is 6.35. The quantitative estimate of drug-likeness (QED) is 0.817. The van der Waals surface area contributed by atoms with E-state index in [0.717, 1.165) is 0 Å². The largest absolute Gasteiger partial charge is 0.271 e. The summed E-state index contributed by atoms with van der Waals surface area (Å²) in [5, 5.41) is 1.12. The Balaban J connectivity index is 2.02. The van der Waals surface area contributed by atoms with Crippen LogP contribution in [0.1, 0.15) is 20.7 Å². The number of nitrogens with one attached hydrogen (secondary N) is 2. The van der Waals surface area contributed by atoms with E-state index in [1.54, 1.807) is 18.2 Å². The molecule has 21 heavy (non-hydrogen) atoms. The Hall–Kier alpha value is -1.75. The third-order valence-electron chi connectivity index (χ3n) is 2.57. The highest BCUT2D eigenvalue weighted by Gasteiger charge is 2.12. The molecular formula is C14H9Cl3N2O2. The molecule has 0 aliphatic heterocycles. The fourth-order valence-corrected chi connectivity index (χ4v) is 2.03. The van der Waals surface area contributed by atoms with Crippen LogP contribution >= 0.6 is 34.8 Å². The van der Waals surface area contributed by atoms with Gasteiger partial charge < -0.3 is 0 Å². The van der Waals surface area contributed by atoms with Gasteiger partial charge in [0.05, 0.1) is 10.6 Å². The van der Waals surface area contributed by atoms with Crippen molar-refractivity contribution in [1.29, 1.82) is 0 Å². The molecule has 0 fully saturated rings. The Kier molecular flexibility index (Phi) is 5.07. The standard InChI is InChI=1S/C14H9Cl3N2O2/c15-9-3-1-8(2-4-9)13(20)18-19-14(21)11-7-10(16)5-6-12(11)17/h1-7H,(H,18,20)(H,19,21). The number of halogens is 3. The number of carbonyl (C=O) groups excluding carboxylic acids is 2. The van der Waals surface area contributed by atoms with Crippen LogP contribution in [0.4, 0.5) is 0 Å². The third kappa shape index (κ3) is 4.11. The predicted octanol–water partition coefficient (Wildman–Crippen LogP) is 3.72. The van der Waals surface area contributed by atoms with E-state index in [2.05, 4.69) is 10.9 Å². The molecule has 0 aromatic heterocycles. The van der Waals surface area contributed by atoms with Gasteiger partial charge in [-0.25, -0.2) is 0 Å². The van der Waals surface area contributed by atoms with Gasteiger partial charge >= 0.3 is 0 Å². The summed E-state index contributed by atoms with van der Waals surface area (Å²) in [5.41, 5.74) is 5.07. The van der Waals surface area contributed by atoms with E-state index in [0.29, 0.717) is 15.6 Å². The molecule has 2 amide bonds. The summed E-state index contributed by atoms with van der Waals surface area (Å²) >= 11 is 17.4. The van der Waals surface area contributed by atoms with Crippen LogP contribution in [-0.4, -0.2) is 11.8 Å². The van der Waals surface area contributed by atoms with Crippen molar-refractivity contribution in [1.82, 2.24) is 10.9 Å². The van der Waals surface area contributed by atoms with Gasteiger partial charge in [-0.05, 0) is 42.5 Å². The maximum absolute atomic E-state index is 11.9. The van der Waals surface area contributed by atoms with Crippen LogP contribution in [0.15, 0.2) is 42.5 Å². The van der Waals surface area contributed by atoms with E-state index in [1.807, 2.05) is 0 Å². The lowest BCUT2D eigenvalue weighted by atomic mass is 10.2. The second-order valence-electron chi connectivity index (χ2n) is 4.04. The molecule has 0 spiro atoms. The van der Waals surface area contributed by atoms with Crippen LogP contribution in [0.2, 0.25) is 15.1 Å². The lowest BCUT2D eigenvalue weighted by Crippen LogP contribution is -2.41. The fourth-order valence-electron chi connectivity index (χ4n) is 1.53. The smallest absolute Gasteiger partial charge is 0.267 e. The zero-order valence-electron chi connectivity index (χ0n) is 10.5. The molecule has 0 aliphatic rings. The van der Waals surface area contributed by atoms with E-state index in [1.165, 1.54) is 24.3 Å². The van der Waals surface area contributed by atoms with Crippen LogP contribution in [0.5, 0.6) is 0 Å². The van der Waals surface area contributed by atoms with Crippen molar-refractivity contribution >= 4 is 46.6 Å². The maximum atomic E-state index is 11.9. The molecular weight excluding hydrogens is 335 g/mol. The van der Waals surface area contributed by atoms with E-state index in [9.17, 15) is 9.59 Å². The SMILES string of the molecule is O=C(NNC(=O)c1cc(Cl)ccc1Cl)c1ccc(Cl)cc1. The lowest BCUT2D eigenvalue weighted by molar-refractivity contribution is 0.0847. The topological polar surface area (TPSA) is 58.2 Å². The van der Waals surface area contributed by atoms with Crippen molar-refractivity contribution in [2.24, 2.45) is 0 Å². The molecule has 2 rings (SSSR count). The Morgan fingerprint density at radius 2 is 1.33 bits per heavy atom. The summed E-state index contributed by atoms with van der Waals surface area (Å²) < 4.78 is 0. The molecule has 0 heterocycles. The van der Waals surface area contributed by atoms with Gasteiger partial charge in [0.1, 0.15) is 0 Å². The Bertz CT molecular complexity index is 687. The average molecular weight is 344 g/mol. The molecule has 0 saturated carbocycles. The lowest BCUT2D eigenvalue weighted by Gasteiger charge is -2.09. The van der Waals surface area contributed by atoms with E-state index in [4.69, 9.17) is 34.8 Å². The van der Waals surface area contributed by atoms with Crippen molar-refractivity contribution in [2.45, 2.75) is 0 Å². The van der Waals surface area contributed by atoms with Crippen molar-refractivity contribution in [3.63, 3.8) is 0 Å². The number of hydrazine groups is 1. The molecule has 0 saturated heterocycles. The second kappa shape index (κ2) is 6.80. The average Bonchev–Trinajstić information content (AvgIpc) is 2.47. The molecule has 0 radical (unpaired) electrons. The van der Waals surface area contributed by atoms with Gasteiger partial charge in [0.25, 0.3) is 11.8 Å². The number of carbonyl (C=O) groups is 2. The van der Waals surface area contributed by atoms with Gasteiger partial charge in [0.15, 0.2) is 0 Å². The molecule has 2 aromatic rings. The summed E-state index contributed by atoms with van der Waals surface area (Å²) in [7, 11) is 0. The van der Waals surface area contributed by atoms with Gasteiger partial charge in [-0.3, -0.25) is 20.4 Å². The number of hydrogen-bond acceptors (Lipinski definition) is 2. The Morgan fingerprint density at radius 1 is 0.762 bits per heavy atom. The third-order valence-corrected chi connectivity index (χ3v) is 3.39. The van der Waals surface area contributed by atoms with Gasteiger partial charge in [-0.1, -0.05) is 34.8 Å². The summed E-state index contributed by atoms with van der Waals surface area (Å²) in [6.07, 6.45) is 0. The Labute approximate surface area is 136 Å². The molecule has 0 atom stereocenters. The van der Waals surface area contributed by atoms with Crippen LogP contribution in [0.25, 0.3) is 0 Å². The van der Waals surface area contributed by atoms with Gasteiger partial charge in [-0.2, -0.15) is 0 Å². The molecule has 2 aromatic carbocycles. The minimum Gasteiger partial charge on any atom is -0.267 e. The maximum Gasteiger partial charge on any atom is 0.271 e. The van der Waals surface area contributed by atoms with Gasteiger partial charge in [0.2, 0.25) is 0 Å². The summed E-state index contributed by atoms with van der Waals surface area (Å²) in [4.78, 5) is 23.7. The number of hydrogen-bond donors (Lipinski definition) is 2. The predicted molar refractivity (Wildman–Crippen MR) is 82.8 cm³/mol. The van der Waals surface area contributed by atoms with Crippen LogP contribution in [0, 0.1) is 0 Å². The monoisotopic (exact) mass is 342 g/mol. The number of rotatable bonds is 2. The Morgan fingerprint density at radius 3 is 2.00 bits per heavy atom. The summed E-state index contributed by atoms with van der Waals surface area (Å²) in [6.45, 7) is 0. The normalized spacial score (nSPS) is 10.0. The highest BCUT2D eigenvalue weighted by atomic mass is 35.5. The molecule has 7 heteroatoms. The molecule has 4 nitrogen and oxygen atoms in total. The first-order valence-electron chi connectivity index (χ1n) is 5.78. The van der Waals surface area contributed by atoms with Gasteiger partial charge in [-0.15, -0.1) is 0 Å². The molecule has 108 valence electrons. The van der Waals surface area contributed by atoms with Crippen molar-refractivity contribution < 1.29 is 9.59 Å². The number of benzene rings is 2. The molecule has 0 aliphatic carbocycles. The zero-order chi connectivity index (χ0) is 15.4. The van der Waals surface area contributed by atoms with E-state index < -0.39 is 11.8 Å². The second-order valence-corrected chi connectivity index (χ2v) is 5.32. The number of amides is 2. The zero-order valence-corrected chi connectivity index (χ0v) is 12.8. The first-order chi connectivity index (χ1) is 9.97. The molecule has 0 unspecified atom stereocenters. The molecule has 0 bridgehead atoms. The fraction of sp³-hybridized carbons (Fsp3) is 0. The summed E-state index contributed by atoms with van der Waals surface area (Å²) in [5.74, 6) is -1.04. The molecule has 2 N–H and O–H groups in total. The van der Waals surface area contributed by atoms with Gasteiger partial charge in [0, 0.05) is 15.6 Å². The minimum absolute atomic E-state index is 0.167. The van der Waals surface area contributed by atoms with Crippen LogP contribution < -0.4 is 10.9 Å². The van der Waals surface area contributed by atoms with E-state index in [-0.39, 0.29) is 10.6 Å². The first kappa shape index (κ1) is 15.6. The summed E-state index contributed by atoms with van der Waals surface area (Å²) in [6, 6.07) is 10.7. The van der Waals surface area contributed by atoms with Crippen LogP contribution in [-0.2, 0) is 0 Å². The highest BCUT2D eigenvalue weighted by Crippen LogP contribution is 2.20. The van der Waals surface area contributed by atoms with Crippen molar-refractivity contribution in [3.8, 4) is 0 Å². The van der Waals surface area contributed by atoms with Crippen LogP contribution in [0.3, 0.4) is 0 Å².